The molecule has 1 aliphatic heterocycles. The number of aromatic nitrogens is 5. The van der Waals surface area contributed by atoms with E-state index in [9.17, 15) is 33.0 Å². The zero-order chi connectivity index (χ0) is 38.0. The molecule has 0 spiro atoms. The zero-order valence-electron chi connectivity index (χ0n) is 29.3. The Morgan fingerprint density at radius 3 is 2.26 bits per heavy atom. The quantitative estimate of drug-likeness (QED) is 0.154. The van der Waals surface area contributed by atoms with Gasteiger partial charge in [0, 0.05) is 50.1 Å². The molecule has 1 saturated carbocycles. The number of hydrogen-bond acceptors (Lipinski definition) is 10. The van der Waals surface area contributed by atoms with E-state index in [-0.39, 0.29) is 55.8 Å². The van der Waals surface area contributed by atoms with Crippen LogP contribution in [0, 0.1) is 0 Å². The molecule has 282 valence electrons. The molecule has 4 heterocycles. The van der Waals surface area contributed by atoms with Crippen LogP contribution in [0.1, 0.15) is 49.3 Å². The molecule has 16 heteroatoms. The topological polar surface area (TPSA) is 162 Å². The molecule has 4 N–H and O–H groups in total. The fraction of sp³-hybridized carbons (Fsp3) is 0.368. The van der Waals surface area contributed by atoms with Gasteiger partial charge in [0.05, 0.1) is 24.5 Å². The number of fused-ring (bicyclic) bond motifs is 1. The van der Waals surface area contributed by atoms with E-state index in [1.54, 1.807) is 16.4 Å². The van der Waals surface area contributed by atoms with Crippen LogP contribution >= 0.6 is 0 Å². The summed E-state index contributed by atoms with van der Waals surface area (Å²) in [5.41, 5.74) is 2.88. The first-order valence-electron chi connectivity index (χ1n) is 17.8. The van der Waals surface area contributed by atoms with Crippen LogP contribution in [-0.4, -0.2) is 96.6 Å². The Hall–Kier alpha value is -5.61. The van der Waals surface area contributed by atoms with Crippen molar-refractivity contribution in [1.29, 1.82) is 0 Å². The first-order valence-corrected chi connectivity index (χ1v) is 17.8. The lowest BCUT2D eigenvalue weighted by molar-refractivity contribution is -0.170. The third kappa shape index (κ3) is 7.43. The Kier molecular flexibility index (Phi) is 10.5. The first kappa shape index (κ1) is 36.7. The number of benzene rings is 2. The summed E-state index contributed by atoms with van der Waals surface area (Å²) in [7, 11) is 0. The number of aliphatic hydroxyl groups excluding tert-OH is 2. The number of halogens is 3. The Balaban J connectivity index is 1.26. The maximum Gasteiger partial charge on any atom is 0.471 e. The molecule has 0 radical (unpaired) electrons. The van der Waals surface area contributed by atoms with Gasteiger partial charge < -0.3 is 30.3 Å². The fourth-order valence-corrected chi connectivity index (χ4v) is 7.42. The van der Waals surface area contributed by atoms with E-state index >= 15 is 0 Å². The number of anilines is 3. The van der Waals surface area contributed by atoms with Crippen LogP contribution in [-0.2, 0) is 9.59 Å². The molecule has 2 aromatic carbocycles. The van der Waals surface area contributed by atoms with E-state index in [4.69, 9.17) is 9.97 Å². The summed E-state index contributed by atoms with van der Waals surface area (Å²) < 4.78 is 43.3. The molecule has 1 saturated heterocycles. The highest BCUT2D eigenvalue weighted by molar-refractivity contribution is 5.98. The molecule has 1 aliphatic carbocycles. The summed E-state index contributed by atoms with van der Waals surface area (Å²) >= 11 is 0. The van der Waals surface area contributed by atoms with Gasteiger partial charge in [-0.15, -0.1) is 0 Å². The van der Waals surface area contributed by atoms with Crippen molar-refractivity contribution in [3.05, 3.63) is 103 Å². The Bertz CT molecular complexity index is 2030. The van der Waals surface area contributed by atoms with Gasteiger partial charge >= 0.3 is 12.1 Å². The molecule has 2 fully saturated rings. The fourth-order valence-electron chi connectivity index (χ4n) is 7.42. The average Bonchev–Trinajstić information content (AvgIpc) is 3.91. The Morgan fingerprint density at radius 2 is 1.63 bits per heavy atom. The van der Waals surface area contributed by atoms with Crippen molar-refractivity contribution in [2.75, 3.05) is 34.8 Å². The van der Waals surface area contributed by atoms with Gasteiger partial charge in [0.2, 0.25) is 11.9 Å². The molecule has 2 aliphatic rings. The third-order valence-corrected chi connectivity index (χ3v) is 10.2. The van der Waals surface area contributed by atoms with Crippen LogP contribution < -0.4 is 20.4 Å². The first-order chi connectivity index (χ1) is 26.0. The van der Waals surface area contributed by atoms with Crippen molar-refractivity contribution in [3.8, 4) is 0 Å². The molecule has 54 heavy (non-hydrogen) atoms. The molecule has 3 aromatic heterocycles. The maximum absolute atomic E-state index is 13.9. The SMILES string of the molecule is CCC(=O)N[C@H]1C[C@@H](n2cnc3c(NCC(c4ccccc4)c4ccccc4)nc(N4CC[C@@H](N(C(=O)C(F)(F)F)c5ccncc5)C4)nc32)[C@H](O)[C@@H]1O. The monoisotopic (exact) mass is 743 g/mol. The standard InChI is InChI=1S/C38H40F3N9O4/c1-2-30(51)45-28-19-29(33(53)32(28)52)49-22-44-31-34(43-20-27(23-9-5-3-6-10-23)24-11-7-4-8-12-24)46-37(47-35(31)49)48-18-15-26(21-48)50(36(54)38(39,40)41)25-13-16-42-17-14-25/h3-14,16-17,22,26-29,32-33,52-53H,2,15,18-21H2,1H3,(H,45,51)(H,43,46,47)/t26-,28+,29-,32-,33+/m1/s1. The van der Waals surface area contributed by atoms with Crippen molar-refractivity contribution >= 4 is 40.4 Å². The number of amides is 2. The smallest absolute Gasteiger partial charge is 0.388 e. The molecule has 0 unspecified atom stereocenters. The van der Waals surface area contributed by atoms with Crippen LogP contribution in [0.25, 0.3) is 11.2 Å². The van der Waals surface area contributed by atoms with Gasteiger partial charge in [0.25, 0.3) is 0 Å². The van der Waals surface area contributed by atoms with Gasteiger partial charge in [0.15, 0.2) is 17.0 Å². The van der Waals surface area contributed by atoms with E-state index in [2.05, 4.69) is 20.6 Å². The van der Waals surface area contributed by atoms with E-state index in [1.807, 2.05) is 60.7 Å². The van der Waals surface area contributed by atoms with Crippen molar-refractivity contribution in [2.24, 2.45) is 0 Å². The van der Waals surface area contributed by atoms with Gasteiger partial charge in [-0.2, -0.15) is 23.1 Å². The minimum atomic E-state index is -5.11. The number of carbonyl (C=O) groups excluding carboxylic acids is 2. The summed E-state index contributed by atoms with van der Waals surface area (Å²) in [6.45, 7) is 2.32. The Morgan fingerprint density at radius 1 is 0.963 bits per heavy atom. The van der Waals surface area contributed by atoms with Crippen molar-refractivity contribution in [3.63, 3.8) is 0 Å². The lowest BCUT2D eigenvalue weighted by atomic mass is 9.91. The van der Waals surface area contributed by atoms with Crippen LogP contribution in [0.2, 0.25) is 0 Å². The number of aliphatic hydroxyl groups is 2. The highest BCUT2D eigenvalue weighted by Crippen LogP contribution is 2.36. The van der Waals surface area contributed by atoms with Gasteiger partial charge in [0.1, 0.15) is 12.2 Å². The van der Waals surface area contributed by atoms with Crippen LogP contribution in [0.15, 0.2) is 91.5 Å². The van der Waals surface area contributed by atoms with Gasteiger partial charge in [-0.1, -0.05) is 67.6 Å². The minimum Gasteiger partial charge on any atom is -0.388 e. The molecule has 7 rings (SSSR count). The molecular weight excluding hydrogens is 703 g/mol. The number of nitrogens with one attached hydrogen (secondary N) is 2. The molecule has 13 nitrogen and oxygen atoms in total. The predicted molar refractivity (Wildman–Crippen MR) is 195 cm³/mol. The van der Waals surface area contributed by atoms with Crippen molar-refractivity contribution in [2.45, 2.75) is 68.6 Å². The Labute approximate surface area is 308 Å². The number of alkyl halides is 3. The number of nitrogens with zero attached hydrogens (tertiary/aromatic N) is 7. The summed E-state index contributed by atoms with van der Waals surface area (Å²) in [6.07, 6.45) is -2.85. The van der Waals surface area contributed by atoms with E-state index in [1.165, 1.54) is 30.9 Å². The van der Waals surface area contributed by atoms with Crippen LogP contribution in [0.4, 0.5) is 30.6 Å². The second-order valence-electron chi connectivity index (χ2n) is 13.5. The summed E-state index contributed by atoms with van der Waals surface area (Å²) in [6, 6.07) is 20.3. The van der Waals surface area contributed by atoms with Crippen molar-refractivity contribution in [1.82, 2.24) is 29.8 Å². The summed E-state index contributed by atoms with van der Waals surface area (Å²) in [5.74, 6) is -1.81. The van der Waals surface area contributed by atoms with Gasteiger partial charge in [-0.25, -0.2) is 4.98 Å². The van der Waals surface area contributed by atoms with Crippen molar-refractivity contribution < 1.29 is 33.0 Å². The molecular formula is C38H40F3N9O4. The number of carbonyl (C=O) groups is 2. The van der Waals surface area contributed by atoms with E-state index in [0.29, 0.717) is 23.5 Å². The van der Waals surface area contributed by atoms with E-state index in [0.717, 1.165) is 16.0 Å². The second kappa shape index (κ2) is 15.4. The zero-order valence-corrected chi connectivity index (χ0v) is 29.3. The normalized spacial score (nSPS) is 21.5. The molecule has 0 bridgehead atoms. The van der Waals surface area contributed by atoms with Crippen LogP contribution in [0.3, 0.4) is 0 Å². The largest absolute Gasteiger partial charge is 0.471 e. The summed E-state index contributed by atoms with van der Waals surface area (Å²) in [4.78, 5) is 45.7. The predicted octanol–water partition coefficient (Wildman–Crippen LogP) is 4.20. The van der Waals surface area contributed by atoms with Crippen LogP contribution in [0.5, 0.6) is 0 Å². The number of imidazole rings is 1. The molecule has 5 atom stereocenters. The average molecular weight is 744 g/mol. The highest BCUT2D eigenvalue weighted by atomic mass is 19.4. The highest BCUT2D eigenvalue weighted by Gasteiger charge is 2.47. The van der Waals surface area contributed by atoms with E-state index < -0.39 is 42.4 Å². The number of hydrogen-bond donors (Lipinski definition) is 4. The van der Waals surface area contributed by atoms with Gasteiger partial charge in [-0.3, -0.25) is 19.5 Å². The third-order valence-electron chi connectivity index (χ3n) is 10.2. The number of rotatable bonds is 11. The second-order valence-corrected chi connectivity index (χ2v) is 13.5. The number of pyridine rings is 1. The molecule has 5 aromatic rings. The molecule has 2 amide bonds. The summed E-state index contributed by atoms with van der Waals surface area (Å²) in [5, 5.41) is 28.3. The minimum absolute atomic E-state index is 0.00419. The lowest BCUT2D eigenvalue weighted by Gasteiger charge is -2.29. The maximum atomic E-state index is 13.9. The van der Waals surface area contributed by atoms with Gasteiger partial charge in [-0.05, 0) is 36.1 Å². The lowest BCUT2D eigenvalue weighted by Crippen LogP contribution is -2.48.